The summed E-state index contributed by atoms with van der Waals surface area (Å²) >= 11 is 7.28. The van der Waals surface area contributed by atoms with Gasteiger partial charge in [-0.15, -0.1) is 0 Å². The number of hydrogen-bond acceptors (Lipinski definition) is 0. The fourth-order valence-corrected chi connectivity index (χ4v) is 5.32. The molecule has 0 spiro atoms. The van der Waals surface area contributed by atoms with E-state index < -0.39 is 0 Å². The van der Waals surface area contributed by atoms with Gasteiger partial charge in [0.2, 0.25) is 0 Å². The molecule has 0 heterocycles. The van der Waals surface area contributed by atoms with E-state index in [1.54, 1.807) is 5.57 Å². The first-order chi connectivity index (χ1) is 10.2. The zero-order valence-electron chi connectivity index (χ0n) is 13.2. The molecule has 0 aliphatic heterocycles. The molecule has 4 rings (SSSR count). The van der Waals surface area contributed by atoms with Gasteiger partial charge < -0.3 is 0 Å². The number of fused-ring (bicyclic) bond motifs is 4. The average molecular weight is 418 g/mol. The highest BCUT2D eigenvalue weighted by atomic mass is 79.9. The van der Waals surface area contributed by atoms with E-state index in [1.165, 1.54) is 27.8 Å². The van der Waals surface area contributed by atoms with Gasteiger partial charge in [0, 0.05) is 19.8 Å². The minimum absolute atomic E-state index is 0.0590. The Bertz CT molecular complexity index is 785. The van der Waals surface area contributed by atoms with Crippen LogP contribution in [0.4, 0.5) is 0 Å². The van der Waals surface area contributed by atoms with Crippen molar-refractivity contribution >= 4 is 37.4 Å². The largest absolute Gasteiger partial charge is 0.0529 e. The second kappa shape index (κ2) is 4.36. The Kier molecular flexibility index (Phi) is 2.92. The maximum Gasteiger partial charge on any atom is 0.0178 e. The average Bonchev–Trinajstić information content (AvgIpc) is 2.80. The summed E-state index contributed by atoms with van der Waals surface area (Å²) in [5, 5.41) is 0. The number of rotatable bonds is 0. The zero-order chi connectivity index (χ0) is 15.9. The molecule has 0 saturated carbocycles. The second-order valence-corrected chi connectivity index (χ2v) is 9.21. The van der Waals surface area contributed by atoms with Crippen molar-refractivity contribution in [2.24, 2.45) is 0 Å². The molecule has 2 aliphatic carbocycles. The van der Waals surface area contributed by atoms with Crippen molar-refractivity contribution in [2.75, 3.05) is 0 Å². The van der Waals surface area contributed by atoms with Crippen molar-refractivity contribution in [2.45, 2.75) is 38.5 Å². The van der Waals surface area contributed by atoms with E-state index >= 15 is 0 Å². The number of allylic oxidation sites excluding steroid dienone is 1. The molecule has 0 N–H and O–H groups in total. The Morgan fingerprint density at radius 2 is 1.09 bits per heavy atom. The molecular formula is C20H18Br2. The van der Waals surface area contributed by atoms with Crippen LogP contribution in [-0.2, 0) is 10.8 Å². The minimum atomic E-state index is 0.0590. The highest BCUT2D eigenvalue weighted by Gasteiger charge is 2.50. The highest BCUT2D eigenvalue weighted by molar-refractivity contribution is 9.10. The Hall–Kier alpha value is -0.860. The summed E-state index contributed by atoms with van der Waals surface area (Å²) in [7, 11) is 0. The second-order valence-electron chi connectivity index (χ2n) is 7.38. The lowest BCUT2D eigenvalue weighted by atomic mass is 9.68. The van der Waals surface area contributed by atoms with Crippen molar-refractivity contribution in [3.05, 3.63) is 73.2 Å². The van der Waals surface area contributed by atoms with Gasteiger partial charge in [-0.1, -0.05) is 71.7 Å². The Labute approximate surface area is 148 Å². The predicted molar refractivity (Wildman–Crippen MR) is 100 cm³/mol. The summed E-state index contributed by atoms with van der Waals surface area (Å²) in [6.45, 7) is 9.46. The smallest absolute Gasteiger partial charge is 0.0178 e. The van der Waals surface area contributed by atoms with Crippen molar-refractivity contribution in [1.29, 1.82) is 0 Å². The molecule has 112 valence electrons. The maximum absolute atomic E-state index is 3.64. The van der Waals surface area contributed by atoms with Gasteiger partial charge in [-0.05, 0) is 57.7 Å². The first kappa shape index (κ1) is 14.7. The van der Waals surface area contributed by atoms with Crippen LogP contribution in [0.5, 0.6) is 0 Å². The lowest BCUT2D eigenvalue weighted by Crippen LogP contribution is -2.30. The van der Waals surface area contributed by atoms with E-state index in [1.807, 2.05) is 0 Å². The van der Waals surface area contributed by atoms with Crippen molar-refractivity contribution in [1.82, 2.24) is 0 Å². The SMILES string of the molecule is CC1(C)C2=C(c3ccc(Br)cc31)c1ccc(Br)cc1C2(C)C. The van der Waals surface area contributed by atoms with Gasteiger partial charge in [-0.25, -0.2) is 0 Å². The van der Waals surface area contributed by atoms with Gasteiger partial charge in [0.15, 0.2) is 0 Å². The predicted octanol–water partition coefficient (Wildman–Crippen LogP) is 6.60. The fourth-order valence-electron chi connectivity index (χ4n) is 4.59. The number of benzene rings is 2. The summed E-state index contributed by atoms with van der Waals surface area (Å²) in [6, 6.07) is 13.5. The van der Waals surface area contributed by atoms with Crippen molar-refractivity contribution in [3.8, 4) is 0 Å². The van der Waals surface area contributed by atoms with Crippen molar-refractivity contribution in [3.63, 3.8) is 0 Å². The highest BCUT2D eigenvalue weighted by Crippen LogP contribution is 2.61. The Balaban J connectivity index is 2.10. The van der Waals surface area contributed by atoms with Crippen LogP contribution in [0.15, 0.2) is 50.9 Å². The molecule has 2 heteroatoms. The normalized spacial score (nSPS) is 19.9. The van der Waals surface area contributed by atoms with Gasteiger partial charge in [0.05, 0.1) is 0 Å². The van der Waals surface area contributed by atoms with Crippen LogP contribution in [-0.4, -0.2) is 0 Å². The number of hydrogen-bond donors (Lipinski definition) is 0. The standard InChI is InChI=1S/C20H18Br2/c1-19(2)15-9-11(21)5-7-13(15)17-14-8-6-12(22)10-16(14)20(3,4)18(17)19/h5-10H,1-4H3. The molecule has 0 fully saturated rings. The van der Waals surface area contributed by atoms with E-state index in [2.05, 4.69) is 96.0 Å². The van der Waals surface area contributed by atoms with E-state index in [0.717, 1.165) is 8.95 Å². The van der Waals surface area contributed by atoms with Gasteiger partial charge >= 0.3 is 0 Å². The molecule has 0 aromatic heterocycles. The third-order valence-electron chi connectivity index (χ3n) is 5.35. The Morgan fingerprint density at radius 3 is 1.50 bits per heavy atom. The topological polar surface area (TPSA) is 0 Å². The molecule has 22 heavy (non-hydrogen) atoms. The van der Waals surface area contributed by atoms with Gasteiger partial charge in [0.1, 0.15) is 0 Å². The van der Waals surface area contributed by atoms with Crippen LogP contribution in [0.25, 0.3) is 5.57 Å². The molecule has 2 aliphatic rings. The molecule has 0 radical (unpaired) electrons. The molecule has 0 amide bonds. The fraction of sp³-hybridized carbons (Fsp3) is 0.300. The first-order valence-corrected chi connectivity index (χ1v) is 9.19. The van der Waals surface area contributed by atoms with Gasteiger partial charge in [0.25, 0.3) is 0 Å². The summed E-state index contributed by atoms with van der Waals surface area (Å²) in [5.74, 6) is 0. The molecule has 0 saturated heterocycles. The van der Waals surface area contributed by atoms with E-state index in [9.17, 15) is 0 Å². The van der Waals surface area contributed by atoms with E-state index in [-0.39, 0.29) is 10.8 Å². The Morgan fingerprint density at radius 1 is 0.682 bits per heavy atom. The molecular weight excluding hydrogens is 400 g/mol. The first-order valence-electron chi connectivity index (χ1n) is 7.60. The molecule has 2 aromatic rings. The minimum Gasteiger partial charge on any atom is -0.0529 e. The molecule has 2 aromatic carbocycles. The molecule has 0 unspecified atom stereocenters. The van der Waals surface area contributed by atoms with Crippen LogP contribution in [0.3, 0.4) is 0 Å². The van der Waals surface area contributed by atoms with Crippen LogP contribution >= 0.6 is 31.9 Å². The zero-order valence-corrected chi connectivity index (χ0v) is 16.4. The van der Waals surface area contributed by atoms with Crippen LogP contribution in [0, 0.1) is 0 Å². The quantitative estimate of drug-likeness (QED) is 0.453. The van der Waals surface area contributed by atoms with Crippen LogP contribution in [0.2, 0.25) is 0 Å². The molecule has 0 atom stereocenters. The van der Waals surface area contributed by atoms with Gasteiger partial charge in [-0.3, -0.25) is 0 Å². The van der Waals surface area contributed by atoms with Gasteiger partial charge in [-0.2, -0.15) is 0 Å². The van der Waals surface area contributed by atoms with E-state index in [4.69, 9.17) is 0 Å². The summed E-state index contributed by atoms with van der Waals surface area (Å²) < 4.78 is 2.32. The third kappa shape index (κ3) is 1.68. The van der Waals surface area contributed by atoms with Crippen molar-refractivity contribution < 1.29 is 0 Å². The summed E-state index contributed by atoms with van der Waals surface area (Å²) in [5.41, 5.74) is 8.81. The molecule has 0 nitrogen and oxygen atoms in total. The monoisotopic (exact) mass is 416 g/mol. The number of halogens is 2. The lowest BCUT2D eigenvalue weighted by Gasteiger charge is -2.35. The maximum atomic E-state index is 3.64. The van der Waals surface area contributed by atoms with E-state index in [0.29, 0.717) is 0 Å². The summed E-state index contributed by atoms with van der Waals surface area (Å²) in [6.07, 6.45) is 0. The summed E-state index contributed by atoms with van der Waals surface area (Å²) in [4.78, 5) is 0. The van der Waals surface area contributed by atoms with Crippen LogP contribution in [0.1, 0.15) is 49.9 Å². The third-order valence-corrected chi connectivity index (χ3v) is 6.34. The lowest BCUT2D eigenvalue weighted by molar-refractivity contribution is 0.504. The van der Waals surface area contributed by atoms with Crippen LogP contribution < -0.4 is 0 Å². The molecule has 0 bridgehead atoms.